The molecule has 2 aromatic rings. The normalized spacial score (nSPS) is 10.6. The highest BCUT2D eigenvalue weighted by molar-refractivity contribution is 5.69. The molecule has 2 rings (SSSR count). The molecule has 0 aliphatic rings. The van der Waals surface area contributed by atoms with E-state index in [2.05, 4.69) is 5.10 Å². The average Bonchev–Trinajstić information content (AvgIpc) is 2.63. The molecule has 0 fully saturated rings. The Balaban J connectivity index is 2.35. The van der Waals surface area contributed by atoms with Gasteiger partial charge in [0.15, 0.2) is 0 Å². The first-order valence-electron chi connectivity index (χ1n) is 5.91. The highest BCUT2D eigenvalue weighted by atomic mass is 16.4. The van der Waals surface area contributed by atoms with E-state index in [0.717, 1.165) is 22.5 Å². The van der Waals surface area contributed by atoms with E-state index in [1.54, 1.807) is 4.68 Å². The van der Waals surface area contributed by atoms with Gasteiger partial charge in [-0.15, -0.1) is 0 Å². The summed E-state index contributed by atoms with van der Waals surface area (Å²) in [5, 5.41) is 13.1. The molecule has 0 unspecified atom stereocenters. The number of rotatable bonds is 4. The number of carbonyl (C=O) groups is 1. The second kappa shape index (κ2) is 5.04. The predicted octanol–water partition coefficient (Wildman–Crippen LogP) is 2.64. The standard InChI is InChI=1S/C14H16N2O2/c1-10-14(12-6-4-3-5-7-12)11(2)16(15-10)9-8-13(17)18/h3-7H,8-9H2,1-2H3,(H,17,18). The molecule has 0 aliphatic carbocycles. The third kappa shape index (κ3) is 2.42. The first kappa shape index (κ1) is 12.4. The molecule has 1 aromatic heterocycles. The first-order chi connectivity index (χ1) is 8.59. The Hall–Kier alpha value is -2.10. The summed E-state index contributed by atoms with van der Waals surface area (Å²) in [6, 6.07) is 10.0. The second-order valence-corrected chi connectivity index (χ2v) is 4.28. The van der Waals surface area contributed by atoms with E-state index < -0.39 is 5.97 Å². The Morgan fingerprint density at radius 2 is 1.94 bits per heavy atom. The molecular weight excluding hydrogens is 228 g/mol. The monoisotopic (exact) mass is 244 g/mol. The van der Waals surface area contributed by atoms with Crippen LogP contribution in [0.25, 0.3) is 11.1 Å². The Bertz CT molecular complexity index is 559. The first-order valence-corrected chi connectivity index (χ1v) is 5.91. The van der Waals surface area contributed by atoms with E-state index in [9.17, 15) is 4.79 Å². The van der Waals surface area contributed by atoms with E-state index in [1.165, 1.54) is 0 Å². The smallest absolute Gasteiger partial charge is 0.305 e. The lowest BCUT2D eigenvalue weighted by atomic mass is 10.0. The number of nitrogens with zero attached hydrogens (tertiary/aromatic N) is 2. The molecule has 1 N–H and O–H groups in total. The molecule has 4 nitrogen and oxygen atoms in total. The van der Waals surface area contributed by atoms with Crippen LogP contribution in [0.1, 0.15) is 17.8 Å². The molecule has 0 amide bonds. The zero-order chi connectivity index (χ0) is 13.1. The van der Waals surface area contributed by atoms with Gasteiger partial charge in [0.2, 0.25) is 0 Å². The van der Waals surface area contributed by atoms with Gasteiger partial charge in [-0.25, -0.2) is 0 Å². The fourth-order valence-electron chi connectivity index (χ4n) is 2.14. The Morgan fingerprint density at radius 1 is 1.28 bits per heavy atom. The molecule has 0 spiro atoms. The molecule has 0 radical (unpaired) electrons. The van der Waals surface area contributed by atoms with Crippen LogP contribution in [0, 0.1) is 13.8 Å². The van der Waals surface area contributed by atoms with Crippen molar-refractivity contribution < 1.29 is 9.90 Å². The molecule has 1 heterocycles. The van der Waals surface area contributed by atoms with Crippen molar-refractivity contribution in [3.63, 3.8) is 0 Å². The molecule has 0 saturated carbocycles. The minimum Gasteiger partial charge on any atom is -0.481 e. The number of carboxylic acids is 1. The van der Waals surface area contributed by atoms with Gasteiger partial charge >= 0.3 is 5.97 Å². The summed E-state index contributed by atoms with van der Waals surface area (Å²) < 4.78 is 1.77. The van der Waals surface area contributed by atoms with Crippen LogP contribution in [0.5, 0.6) is 0 Å². The van der Waals surface area contributed by atoms with Crippen molar-refractivity contribution in [2.24, 2.45) is 0 Å². The van der Waals surface area contributed by atoms with Gasteiger partial charge in [0.25, 0.3) is 0 Å². The quantitative estimate of drug-likeness (QED) is 0.899. The van der Waals surface area contributed by atoms with Crippen molar-refractivity contribution in [1.29, 1.82) is 0 Å². The highest BCUT2D eigenvalue weighted by Gasteiger charge is 2.13. The molecule has 18 heavy (non-hydrogen) atoms. The molecule has 1 aromatic carbocycles. The van der Waals surface area contributed by atoms with Gasteiger partial charge in [-0.3, -0.25) is 9.48 Å². The van der Waals surface area contributed by atoms with Gasteiger partial charge in [0.05, 0.1) is 18.7 Å². The molecule has 0 saturated heterocycles. The van der Waals surface area contributed by atoms with Gasteiger partial charge in [-0.1, -0.05) is 30.3 Å². The van der Waals surface area contributed by atoms with Crippen LogP contribution >= 0.6 is 0 Å². The Labute approximate surface area is 106 Å². The van der Waals surface area contributed by atoms with E-state index in [4.69, 9.17) is 5.11 Å². The summed E-state index contributed by atoms with van der Waals surface area (Å²) in [7, 11) is 0. The predicted molar refractivity (Wildman–Crippen MR) is 69.4 cm³/mol. The third-order valence-electron chi connectivity index (χ3n) is 2.98. The maximum Gasteiger partial charge on any atom is 0.305 e. The van der Waals surface area contributed by atoms with Gasteiger partial charge in [0.1, 0.15) is 0 Å². The largest absolute Gasteiger partial charge is 0.481 e. The van der Waals surface area contributed by atoms with Crippen LogP contribution in [-0.4, -0.2) is 20.9 Å². The van der Waals surface area contributed by atoms with E-state index in [1.807, 2.05) is 44.2 Å². The van der Waals surface area contributed by atoms with Crippen LogP contribution in [0.3, 0.4) is 0 Å². The summed E-state index contributed by atoms with van der Waals surface area (Å²) in [6.45, 7) is 4.34. The van der Waals surface area contributed by atoms with Crippen molar-refractivity contribution in [3.8, 4) is 11.1 Å². The van der Waals surface area contributed by atoms with Gasteiger partial charge in [-0.2, -0.15) is 5.10 Å². The van der Waals surface area contributed by atoms with Crippen molar-refractivity contribution in [3.05, 3.63) is 41.7 Å². The lowest BCUT2D eigenvalue weighted by Gasteiger charge is -2.04. The van der Waals surface area contributed by atoms with Gasteiger partial charge < -0.3 is 5.11 Å². The summed E-state index contributed by atoms with van der Waals surface area (Å²) >= 11 is 0. The SMILES string of the molecule is Cc1nn(CCC(=O)O)c(C)c1-c1ccccc1. The number of hydrogen-bond acceptors (Lipinski definition) is 2. The minimum absolute atomic E-state index is 0.0934. The minimum atomic E-state index is -0.802. The molecule has 0 bridgehead atoms. The van der Waals surface area contributed by atoms with E-state index >= 15 is 0 Å². The fourth-order valence-corrected chi connectivity index (χ4v) is 2.14. The maximum absolute atomic E-state index is 10.6. The van der Waals surface area contributed by atoms with Crippen LogP contribution in [0.2, 0.25) is 0 Å². The van der Waals surface area contributed by atoms with Crippen LogP contribution in [0.4, 0.5) is 0 Å². The molecule has 94 valence electrons. The van der Waals surface area contributed by atoms with Crippen molar-refractivity contribution in [1.82, 2.24) is 9.78 Å². The lowest BCUT2D eigenvalue weighted by Crippen LogP contribution is -2.07. The fraction of sp³-hybridized carbons (Fsp3) is 0.286. The summed E-state index contributed by atoms with van der Waals surface area (Å²) in [6.07, 6.45) is 0.0934. The molecule has 0 atom stereocenters. The number of aromatic nitrogens is 2. The summed E-state index contributed by atoms with van der Waals surface area (Å²) in [5.41, 5.74) is 4.17. The number of benzene rings is 1. The number of aliphatic carboxylic acids is 1. The van der Waals surface area contributed by atoms with Gasteiger partial charge in [-0.05, 0) is 19.4 Å². The summed E-state index contributed by atoms with van der Waals surface area (Å²) in [5.74, 6) is -0.802. The molecule has 0 aliphatic heterocycles. The highest BCUT2D eigenvalue weighted by Crippen LogP contribution is 2.26. The lowest BCUT2D eigenvalue weighted by molar-refractivity contribution is -0.137. The van der Waals surface area contributed by atoms with Crippen LogP contribution in [-0.2, 0) is 11.3 Å². The van der Waals surface area contributed by atoms with E-state index in [0.29, 0.717) is 6.54 Å². The molecular formula is C14H16N2O2. The van der Waals surface area contributed by atoms with E-state index in [-0.39, 0.29) is 6.42 Å². The van der Waals surface area contributed by atoms with Crippen molar-refractivity contribution in [2.45, 2.75) is 26.8 Å². The number of carboxylic acid groups (broad SMARTS) is 1. The Kier molecular flexibility index (Phi) is 3.46. The molecule has 4 heteroatoms. The zero-order valence-corrected chi connectivity index (χ0v) is 10.6. The second-order valence-electron chi connectivity index (χ2n) is 4.28. The van der Waals surface area contributed by atoms with Crippen molar-refractivity contribution in [2.75, 3.05) is 0 Å². The average molecular weight is 244 g/mol. The maximum atomic E-state index is 10.6. The third-order valence-corrected chi connectivity index (χ3v) is 2.98. The topological polar surface area (TPSA) is 55.1 Å². The Morgan fingerprint density at radius 3 is 2.56 bits per heavy atom. The van der Waals surface area contributed by atoms with Gasteiger partial charge in [0, 0.05) is 11.3 Å². The van der Waals surface area contributed by atoms with Crippen LogP contribution < -0.4 is 0 Å². The zero-order valence-electron chi connectivity index (χ0n) is 10.6. The number of hydrogen-bond donors (Lipinski definition) is 1. The van der Waals surface area contributed by atoms with Crippen molar-refractivity contribution >= 4 is 5.97 Å². The number of aryl methyl sites for hydroxylation is 2. The summed E-state index contributed by atoms with van der Waals surface area (Å²) in [4.78, 5) is 10.6. The van der Waals surface area contributed by atoms with Crippen LogP contribution in [0.15, 0.2) is 30.3 Å².